The number of rotatable bonds is 3. The molecule has 31 heavy (non-hydrogen) atoms. The van der Waals surface area contributed by atoms with E-state index in [1.807, 2.05) is 18.2 Å². The summed E-state index contributed by atoms with van der Waals surface area (Å²) >= 11 is 6.26. The van der Waals surface area contributed by atoms with Crippen LogP contribution in [0.1, 0.15) is 18.0 Å². The fraction of sp³-hybridized carbons (Fsp3) is 0.286. The summed E-state index contributed by atoms with van der Waals surface area (Å²) in [4.78, 5) is 5.95. The standard InChI is InChI=1S/C21H18ClF3N6/c22-15-3-1-2-12-4-6-16(27-18(12)15)20-29-28-17-7-5-13(10-31(17)20)19(21(23,24)25)30-9-8-14(26)11-30/h1-7,10,14,19H,8-9,11,26H2/t14-,19+/m0/s1. The van der Waals surface area contributed by atoms with Gasteiger partial charge in [-0.2, -0.15) is 13.2 Å². The molecular weight excluding hydrogens is 429 g/mol. The van der Waals surface area contributed by atoms with Gasteiger partial charge in [0, 0.05) is 30.7 Å². The van der Waals surface area contributed by atoms with Gasteiger partial charge in [-0.15, -0.1) is 10.2 Å². The number of hydrogen-bond acceptors (Lipinski definition) is 5. The maximum absolute atomic E-state index is 14.0. The highest BCUT2D eigenvalue weighted by Gasteiger charge is 2.46. The second-order valence-corrected chi connectivity index (χ2v) is 8.12. The number of hydrogen-bond donors (Lipinski definition) is 1. The molecule has 3 aromatic heterocycles. The molecule has 160 valence electrons. The van der Waals surface area contributed by atoms with Gasteiger partial charge in [0.05, 0.1) is 10.5 Å². The van der Waals surface area contributed by atoms with Gasteiger partial charge < -0.3 is 5.73 Å². The lowest BCUT2D eigenvalue weighted by Gasteiger charge is -2.30. The topological polar surface area (TPSA) is 72.3 Å². The zero-order valence-corrected chi connectivity index (χ0v) is 17.0. The average Bonchev–Trinajstić information content (AvgIpc) is 3.33. The van der Waals surface area contributed by atoms with E-state index in [0.717, 1.165) is 5.39 Å². The van der Waals surface area contributed by atoms with E-state index < -0.39 is 12.2 Å². The molecule has 1 aliphatic rings. The molecule has 4 aromatic rings. The Hall–Kier alpha value is -2.75. The zero-order valence-electron chi connectivity index (χ0n) is 16.2. The van der Waals surface area contributed by atoms with Gasteiger partial charge in [0.1, 0.15) is 11.7 Å². The van der Waals surface area contributed by atoms with E-state index in [-0.39, 0.29) is 18.2 Å². The fourth-order valence-electron chi connectivity index (χ4n) is 4.14. The predicted molar refractivity (Wildman–Crippen MR) is 112 cm³/mol. The number of nitrogens with zero attached hydrogens (tertiary/aromatic N) is 5. The van der Waals surface area contributed by atoms with Crippen LogP contribution in [0.5, 0.6) is 0 Å². The fourth-order valence-corrected chi connectivity index (χ4v) is 4.36. The van der Waals surface area contributed by atoms with Gasteiger partial charge in [0.15, 0.2) is 11.5 Å². The van der Waals surface area contributed by atoms with Crippen molar-refractivity contribution in [2.45, 2.75) is 24.7 Å². The van der Waals surface area contributed by atoms with Gasteiger partial charge in [0.2, 0.25) is 0 Å². The minimum absolute atomic E-state index is 0.106. The molecule has 10 heteroatoms. The number of benzene rings is 1. The van der Waals surface area contributed by atoms with Crippen LogP contribution in [0.2, 0.25) is 5.02 Å². The molecule has 2 atom stereocenters. The van der Waals surface area contributed by atoms with Gasteiger partial charge in [-0.3, -0.25) is 9.30 Å². The predicted octanol–water partition coefficient (Wildman–Crippen LogP) is 4.23. The summed E-state index contributed by atoms with van der Waals surface area (Å²) in [6, 6.07) is 10.0. The number of para-hydroxylation sites is 1. The van der Waals surface area contributed by atoms with Crippen LogP contribution < -0.4 is 5.73 Å². The van der Waals surface area contributed by atoms with Crippen molar-refractivity contribution in [1.29, 1.82) is 0 Å². The van der Waals surface area contributed by atoms with Crippen LogP contribution in [-0.2, 0) is 0 Å². The molecule has 0 aliphatic carbocycles. The van der Waals surface area contributed by atoms with Crippen molar-refractivity contribution in [3.05, 3.63) is 59.2 Å². The molecule has 5 rings (SSSR count). The van der Waals surface area contributed by atoms with Crippen LogP contribution in [0.4, 0.5) is 13.2 Å². The van der Waals surface area contributed by atoms with Crippen molar-refractivity contribution in [3.63, 3.8) is 0 Å². The van der Waals surface area contributed by atoms with Crippen LogP contribution in [0.3, 0.4) is 0 Å². The molecule has 1 aromatic carbocycles. The first-order valence-corrected chi connectivity index (χ1v) is 10.2. The maximum Gasteiger partial charge on any atom is 0.408 e. The highest BCUT2D eigenvalue weighted by Crippen LogP contribution is 2.39. The summed E-state index contributed by atoms with van der Waals surface area (Å²) in [5, 5.41) is 9.60. The molecule has 1 aliphatic heterocycles. The molecule has 0 unspecified atom stereocenters. The molecule has 0 spiro atoms. The lowest BCUT2D eigenvalue weighted by atomic mass is 10.1. The molecule has 1 fully saturated rings. The summed E-state index contributed by atoms with van der Waals surface area (Å²) in [7, 11) is 0. The molecule has 6 nitrogen and oxygen atoms in total. The molecule has 2 N–H and O–H groups in total. The maximum atomic E-state index is 14.0. The molecule has 4 heterocycles. The number of likely N-dealkylation sites (tertiary alicyclic amines) is 1. The van der Waals surface area contributed by atoms with Gasteiger partial charge in [-0.05, 0) is 30.2 Å². The largest absolute Gasteiger partial charge is 0.408 e. The highest BCUT2D eigenvalue weighted by atomic mass is 35.5. The minimum Gasteiger partial charge on any atom is -0.326 e. The first-order chi connectivity index (χ1) is 14.8. The molecule has 0 amide bonds. The van der Waals surface area contributed by atoms with Gasteiger partial charge in [-0.25, -0.2) is 4.98 Å². The van der Waals surface area contributed by atoms with E-state index >= 15 is 0 Å². The Morgan fingerprint density at radius 1 is 1.10 bits per heavy atom. The van der Waals surface area contributed by atoms with E-state index in [9.17, 15) is 13.2 Å². The third-order valence-corrected chi connectivity index (χ3v) is 5.88. The Bertz CT molecular complexity index is 1270. The Kier molecular flexibility index (Phi) is 4.84. The van der Waals surface area contributed by atoms with Crippen LogP contribution in [0, 0.1) is 0 Å². The van der Waals surface area contributed by atoms with Gasteiger partial charge in [-0.1, -0.05) is 35.9 Å². The number of alkyl halides is 3. The molecule has 0 saturated carbocycles. The summed E-state index contributed by atoms with van der Waals surface area (Å²) < 4.78 is 43.5. The molecule has 1 saturated heterocycles. The van der Waals surface area contributed by atoms with Crippen LogP contribution in [-0.4, -0.2) is 49.8 Å². The molecule has 0 bridgehead atoms. The third kappa shape index (κ3) is 3.62. The second kappa shape index (κ2) is 7.44. The second-order valence-electron chi connectivity index (χ2n) is 7.71. The quantitative estimate of drug-likeness (QED) is 0.509. The number of nitrogens with two attached hydrogens (primary N) is 1. The van der Waals surface area contributed by atoms with Crippen molar-refractivity contribution in [3.8, 4) is 11.5 Å². The van der Waals surface area contributed by atoms with Crippen LogP contribution in [0.25, 0.3) is 28.1 Å². The van der Waals surface area contributed by atoms with Crippen LogP contribution in [0.15, 0.2) is 48.7 Å². The molecular formula is C21H18ClF3N6. The van der Waals surface area contributed by atoms with Crippen molar-refractivity contribution in [1.82, 2.24) is 24.5 Å². The summed E-state index contributed by atoms with van der Waals surface area (Å²) in [5.41, 5.74) is 7.46. The van der Waals surface area contributed by atoms with E-state index in [4.69, 9.17) is 17.3 Å². The minimum atomic E-state index is -4.44. The lowest BCUT2D eigenvalue weighted by Crippen LogP contribution is -2.38. The van der Waals surface area contributed by atoms with Gasteiger partial charge in [0.25, 0.3) is 0 Å². The Balaban J connectivity index is 1.62. The van der Waals surface area contributed by atoms with Crippen LogP contribution >= 0.6 is 11.6 Å². The van der Waals surface area contributed by atoms with E-state index in [2.05, 4.69) is 15.2 Å². The third-order valence-electron chi connectivity index (χ3n) is 5.57. The Morgan fingerprint density at radius 2 is 1.94 bits per heavy atom. The van der Waals surface area contributed by atoms with Crippen molar-refractivity contribution >= 4 is 28.2 Å². The van der Waals surface area contributed by atoms with Crippen molar-refractivity contribution < 1.29 is 13.2 Å². The first-order valence-electron chi connectivity index (χ1n) is 9.78. The Morgan fingerprint density at radius 3 is 2.68 bits per heavy atom. The normalized spacial score (nSPS) is 18.8. The van der Waals surface area contributed by atoms with E-state index in [1.165, 1.54) is 27.6 Å². The smallest absolute Gasteiger partial charge is 0.326 e. The molecule has 0 radical (unpaired) electrons. The van der Waals surface area contributed by atoms with E-state index in [0.29, 0.717) is 40.7 Å². The summed E-state index contributed by atoms with van der Waals surface area (Å²) in [5.74, 6) is 0.345. The monoisotopic (exact) mass is 446 g/mol. The Labute approximate surface area is 180 Å². The van der Waals surface area contributed by atoms with E-state index in [1.54, 1.807) is 12.1 Å². The SMILES string of the molecule is N[C@H]1CCN([C@H](c2ccc3nnc(-c4ccc5cccc(Cl)c5n4)n3c2)C(F)(F)F)C1. The average molecular weight is 447 g/mol. The summed E-state index contributed by atoms with van der Waals surface area (Å²) in [6.45, 7) is 0.491. The number of fused-ring (bicyclic) bond motifs is 2. The zero-order chi connectivity index (χ0) is 21.8. The number of halogens is 4. The summed E-state index contributed by atoms with van der Waals surface area (Å²) in [6.07, 6.45) is -2.47. The number of aromatic nitrogens is 4. The first kappa shape index (κ1) is 20.2. The number of pyridine rings is 2. The van der Waals surface area contributed by atoms with Crippen molar-refractivity contribution in [2.75, 3.05) is 13.1 Å². The van der Waals surface area contributed by atoms with Crippen molar-refractivity contribution in [2.24, 2.45) is 5.73 Å². The van der Waals surface area contributed by atoms with Gasteiger partial charge >= 0.3 is 6.18 Å². The highest BCUT2D eigenvalue weighted by molar-refractivity contribution is 6.35. The lowest BCUT2D eigenvalue weighted by molar-refractivity contribution is -0.183.